The van der Waals surface area contributed by atoms with E-state index in [1.54, 1.807) is 0 Å². The fourth-order valence-electron chi connectivity index (χ4n) is 2.23. The van der Waals surface area contributed by atoms with Gasteiger partial charge in [0.1, 0.15) is 0 Å². The molecular weight excluding hydrogens is 386 g/mol. The van der Waals surface area contributed by atoms with E-state index in [2.05, 4.69) is 10.3 Å². The van der Waals surface area contributed by atoms with Crippen LogP contribution in [0.5, 0.6) is 0 Å². The van der Waals surface area contributed by atoms with Crippen LogP contribution < -0.4 is 11.1 Å². The largest absolute Gasteiger partial charge is 0.452 e. The highest BCUT2D eigenvalue weighted by Gasteiger charge is 2.13. The van der Waals surface area contributed by atoms with Gasteiger partial charge in [-0.05, 0) is 25.1 Å². The summed E-state index contributed by atoms with van der Waals surface area (Å²) < 4.78 is 4.99. The van der Waals surface area contributed by atoms with Gasteiger partial charge in [-0.25, -0.2) is 9.78 Å². The zero-order valence-corrected chi connectivity index (χ0v) is 15.9. The second-order valence-corrected chi connectivity index (χ2v) is 7.03. The van der Waals surface area contributed by atoms with E-state index in [4.69, 9.17) is 22.1 Å². The molecule has 1 aromatic heterocycles. The lowest BCUT2D eigenvalue weighted by Crippen LogP contribution is -2.20. The zero-order valence-electron chi connectivity index (χ0n) is 14.4. The summed E-state index contributed by atoms with van der Waals surface area (Å²) in [4.78, 5) is 28.3. The van der Waals surface area contributed by atoms with Gasteiger partial charge in [0, 0.05) is 10.9 Å². The van der Waals surface area contributed by atoms with Gasteiger partial charge in [-0.2, -0.15) is 0 Å². The van der Waals surface area contributed by atoms with Crippen LogP contribution in [0.25, 0.3) is 11.3 Å². The van der Waals surface area contributed by atoms with Crippen LogP contribution in [0.1, 0.15) is 15.9 Å². The van der Waals surface area contributed by atoms with Crippen molar-refractivity contribution in [3.8, 4) is 11.3 Å². The molecule has 8 heteroatoms. The molecule has 3 N–H and O–H groups in total. The SMILES string of the molecule is Cc1ccc(-c2csc(NC(=O)COC(=O)c3ccc(Cl)c(N)c3)n2)cc1. The molecule has 0 bridgehead atoms. The second kappa shape index (κ2) is 8.20. The number of halogens is 1. The summed E-state index contributed by atoms with van der Waals surface area (Å²) in [5, 5.41) is 5.24. The van der Waals surface area contributed by atoms with E-state index in [0.717, 1.165) is 16.8 Å². The summed E-state index contributed by atoms with van der Waals surface area (Å²) in [5.41, 5.74) is 9.03. The summed E-state index contributed by atoms with van der Waals surface area (Å²) >= 11 is 7.11. The molecule has 0 fully saturated rings. The van der Waals surface area contributed by atoms with E-state index in [0.29, 0.717) is 10.2 Å². The maximum Gasteiger partial charge on any atom is 0.338 e. The topological polar surface area (TPSA) is 94.3 Å². The third-order valence-electron chi connectivity index (χ3n) is 3.66. The van der Waals surface area contributed by atoms with Gasteiger partial charge in [0.05, 0.1) is 22.0 Å². The van der Waals surface area contributed by atoms with Crippen molar-refractivity contribution < 1.29 is 14.3 Å². The number of thiazole rings is 1. The molecule has 0 saturated heterocycles. The number of carbonyl (C=O) groups excluding carboxylic acids is 2. The van der Waals surface area contributed by atoms with Crippen molar-refractivity contribution in [2.24, 2.45) is 0 Å². The molecule has 3 rings (SSSR count). The molecule has 2 aromatic carbocycles. The molecule has 0 unspecified atom stereocenters. The second-order valence-electron chi connectivity index (χ2n) is 5.76. The van der Waals surface area contributed by atoms with Gasteiger partial charge in [0.15, 0.2) is 11.7 Å². The molecular formula is C19H16ClN3O3S. The minimum absolute atomic E-state index is 0.223. The number of hydrogen-bond acceptors (Lipinski definition) is 6. The standard InChI is InChI=1S/C19H16ClN3O3S/c1-11-2-4-12(5-3-11)16-10-27-19(22-16)23-17(24)9-26-18(25)13-6-7-14(20)15(21)8-13/h2-8,10H,9,21H2,1H3,(H,22,23,24). The number of benzene rings is 2. The van der Waals surface area contributed by atoms with Crippen molar-refractivity contribution in [1.29, 1.82) is 0 Å². The fraction of sp³-hybridized carbons (Fsp3) is 0.105. The normalized spacial score (nSPS) is 10.4. The molecule has 6 nitrogen and oxygen atoms in total. The number of amides is 1. The van der Waals surface area contributed by atoms with Crippen molar-refractivity contribution >= 4 is 45.6 Å². The van der Waals surface area contributed by atoms with Crippen LogP contribution in [0.15, 0.2) is 47.8 Å². The predicted molar refractivity (Wildman–Crippen MR) is 107 cm³/mol. The summed E-state index contributed by atoms with van der Waals surface area (Å²) in [7, 11) is 0. The highest BCUT2D eigenvalue weighted by molar-refractivity contribution is 7.14. The van der Waals surface area contributed by atoms with Crippen LogP contribution in [-0.2, 0) is 9.53 Å². The first-order valence-electron chi connectivity index (χ1n) is 7.97. The molecule has 0 saturated carbocycles. The predicted octanol–water partition coefficient (Wildman–Crippen LogP) is 4.15. The average Bonchev–Trinajstić information content (AvgIpc) is 3.11. The van der Waals surface area contributed by atoms with Crippen molar-refractivity contribution in [2.45, 2.75) is 6.92 Å². The van der Waals surface area contributed by atoms with E-state index in [1.807, 2.05) is 36.6 Å². The summed E-state index contributed by atoms with van der Waals surface area (Å²) in [6.45, 7) is 1.58. The van der Waals surface area contributed by atoms with Gasteiger partial charge in [0.2, 0.25) is 0 Å². The Kier molecular flexibility index (Phi) is 5.73. The minimum Gasteiger partial charge on any atom is -0.452 e. The lowest BCUT2D eigenvalue weighted by atomic mass is 10.1. The fourth-order valence-corrected chi connectivity index (χ4v) is 3.08. The molecule has 1 amide bonds. The number of nitrogen functional groups attached to an aromatic ring is 1. The van der Waals surface area contributed by atoms with Crippen LogP contribution in [0, 0.1) is 6.92 Å². The van der Waals surface area contributed by atoms with Crippen LogP contribution in [0.4, 0.5) is 10.8 Å². The molecule has 0 radical (unpaired) electrons. The number of aromatic nitrogens is 1. The molecule has 0 aliphatic heterocycles. The lowest BCUT2D eigenvalue weighted by molar-refractivity contribution is -0.119. The van der Waals surface area contributed by atoms with Gasteiger partial charge >= 0.3 is 5.97 Å². The summed E-state index contributed by atoms with van der Waals surface area (Å²) in [6, 6.07) is 12.3. The first kappa shape index (κ1) is 18.9. The van der Waals surface area contributed by atoms with Gasteiger partial charge in [-0.15, -0.1) is 11.3 Å². The van der Waals surface area contributed by atoms with Crippen LogP contribution in [0.3, 0.4) is 0 Å². The average molecular weight is 402 g/mol. The van der Waals surface area contributed by atoms with Gasteiger partial charge < -0.3 is 10.5 Å². The Morgan fingerprint density at radius 1 is 1.22 bits per heavy atom. The number of nitrogens with two attached hydrogens (primary N) is 1. The van der Waals surface area contributed by atoms with Crippen LogP contribution >= 0.6 is 22.9 Å². The third kappa shape index (κ3) is 4.84. The summed E-state index contributed by atoms with van der Waals surface area (Å²) in [5.74, 6) is -1.14. The molecule has 0 atom stereocenters. The molecule has 1 heterocycles. The number of esters is 1. The van der Waals surface area contributed by atoms with E-state index >= 15 is 0 Å². The van der Waals surface area contributed by atoms with E-state index in [9.17, 15) is 9.59 Å². The highest BCUT2D eigenvalue weighted by atomic mass is 35.5. The first-order valence-corrected chi connectivity index (χ1v) is 9.22. The smallest absolute Gasteiger partial charge is 0.338 e. The number of aryl methyl sites for hydroxylation is 1. The van der Waals surface area contributed by atoms with Crippen molar-refractivity contribution in [2.75, 3.05) is 17.7 Å². The Hall–Kier alpha value is -2.90. The number of anilines is 2. The molecule has 0 aliphatic rings. The maximum atomic E-state index is 12.0. The van der Waals surface area contributed by atoms with E-state index < -0.39 is 18.5 Å². The number of carbonyl (C=O) groups is 2. The molecule has 3 aromatic rings. The monoisotopic (exact) mass is 401 g/mol. The van der Waals surface area contributed by atoms with Gasteiger partial charge in [-0.3, -0.25) is 10.1 Å². The van der Waals surface area contributed by atoms with Crippen molar-refractivity contribution in [1.82, 2.24) is 4.98 Å². The number of hydrogen-bond donors (Lipinski definition) is 2. The van der Waals surface area contributed by atoms with E-state index in [-0.39, 0.29) is 11.3 Å². The Labute approximate surface area is 164 Å². The van der Waals surface area contributed by atoms with Gasteiger partial charge in [0.25, 0.3) is 5.91 Å². The zero-order chi connectivity index (χ0) is 19.4. The number of rotatable bonds is 5. The molecule has 0 aliphatic carbocycles. The summed E-state index contributed by atoms with van der Waals surface area (Å²) in [6.07, 6.45) is 0. The molecule has 0 spiro atoms. The molecule has 138 valence electrons. The Balaban J connectivity index is 1.55. The number of nitrogens with zero attached hydrogens (tertiary/aromatic N) is 1. The van der Waals surface area contributed by atoms with Crippen molar-refractivity contribution in [3.63, 3.8) is 0 Å². The Morgan fingerprint density at radius 2 is 1.96 bits per heavy atom. The third-order valence-corrected chi connectivity index (χ3v) is 4.77. The van der Waals surface area contributed by atoms with E-state index in [1.165, 1.54) is 29.5 Å². The number of ether oxygens (including phenoxy) is 1. The quantitative estimate of drug-likeness (QED) is 0.494. The molecule has 27 heavy (non-hydrogen) atoms. The van der Waals surface area contributed by atoms with Gasteiger partial charge in [-0.1, -0.05) is 41.4 Å². The maximum absolute atomic E-state index is 12.0. The van der Waals surface area contributed by atoms with Crippen LogP contribution in [0.2, 0.25) is 5.02 Å². The first-order chi connectivity index (χ1) is 12.9. The van der Waals surface area contributed by atoms with Crippen LogP contribution in [-0.4, -0.2) is 23.5 Å². The Bertz CT molecular complexity index is 986. The van der Waals surface area contributed by atoms with Crippen molar-refractivity contribution in [3.05, 3.63) is 64.0 Å². The Morgan fingerprint density at radius 3 is 2.67 bits per heavy atom. The number of nitrogens with one attached hydrogen (secondary N) is 1. The lowest BCUT2D eigenvalue weighted by Gasteiger charge is -2.06. The minimum atomic E-state index is -0.659. The highest BCUT2D eigenvalue weighted by Crippen LogP contribution is 2.25.